The van der Waals surface area contributed by atoms with E-state index in [2.05, 4.69) is 52.4 Å². The van der Waals surface area contributed by atoms with E-state index in [1.807, 2.05) is 0 Å². The SMILES string of the molecule is CC1(CNC2CC(c3ccc(Br)cc3)C2)CCC1. The van der Waals surface area contributed by atoms with Crippen LogP contribution in [0.5, 0.6) is 0 Å². The van der Waals surface area contributed by atoms with Crippen LogP contribution in [0.2, 0.25) is 0 Å². The Kier molecular flexibility index (Phi) is 3.50. The van der Waals surface area contributed by atoms with Crippen molar-refractivity contribution >= 4 is 15.9 Å². The van der Waals surface area contributed by atoms with Crippen LogP contribution in [-0.2, 0) is 0 Å². The van der Waals surface area contributed by atoms with E-state index in [-0.39, 0.29) is 0 Å². The van der Waals surface area contributed by atoms with E-state index >= 15 is 0 Å². The quantitative estimate of drug-likeness (QED) is 0.865. The number of halogens is 1. The third-order valence-electron chi connectivity index (χ3n) is 4.86. The number of hydrogen-bond donors (Lipinski definition) is 1. The topological polar surface area (TPSA) is 12.0 Å². The second-order valence-corrected chi connectivity index (χ2v) is 7.38. The normalized spacial score (nSPS) is 29.4. The van der Waals surface area contributed by atoms with Crippen LogP contribution < -0.4 is 5.32 Å². The van der Waals surface area contributed by atoms with Gasteiger partial charge in [-0.05, 0) is 54.7 Å². The van der Waals surface area contributed by atoms with Gasteiger partial charge < -0.3 is 5.32 Å². The number of benzene rings is 1. The maximum atomic E-state index is 3.76. The highest BCUT2D eigenvalue weighted by Gasteiger charge is 2.35. The van der Waals surface area contributed by atoms with Crippen molar-refractivity contribution < 1.29 is 0 Å². The Morgan fingerprint density at radius 1 is 1.22 bits per heavy atom. The van der Waals surface area contributed by atoms with Crippen LogP contribution in [0.4, 0.5) is 0 Å². The third-order valence-corrected chi connectivity index (χ3v) is 5.39. The molecule has 2 saturated carbocycles. The maximum absolute atomic E-state index is 3.76. The second-order valence-electron chi connectivity index (χ2n) is 6.46. The molecule has 0 atom stereocenters. The molecule has 2 aliphatic carbocycles. The number of hydrogen-bond acceptors (Lipinski definition) is 1. The van der Waals surface area contributed by atoms with Crippen LogP contribution in [0.1, 0.15) is 50.5 Å². The van der Waals surface area contributed by atoms with Gasteiger partial charge in [0.15, 0.2) is 0 Å². The van der Waals surface area contributed by atoms with Crippen molar-refractivity contribution in [2.24, 2.45) is 5.41 Å². The predicted molar refractivity (Wildman–Crippen MR) is 79.9 cm³/mol. The Bertz CT molecular complexity index is 402. The van der Waals surface area contributed by atoms with E-state index in [0.29, 0.717) is 5.41 Å². The molecule has 2 heteroatoms. The van der Waals surface area contributed by atoms with E-state index < -0.39 is 0 Å². The summed E-state index contributed by atoms with van der Waals surface area (Å²) < 4.78 is 1.18. The molecule has 2 fully saturated rings. The first-order valence-electron chi connectivity index (χ1n) is 7.13. The molecule has 98 valence electrons. The maximum Gasteiger partial charge on any atom is 0.0175 e. The molecule has 2 aliphatic rings. The van der Waals surface area contributed by atoms with Crippen LogP contribution in [0.3, 0.4) is 0 Å². The molecule has 0 saturated heterocycles. The van der Waals surface area contributed by atoms with Crippen molar-refractivity contribution in [3.05, 3.63) is 34.3 Å². The Labute approximate surface area is 118 Å². The lowest BCUT2D eigenvalue weighted by molar-refractivity contribution is 0.137. The molecular formula is C16H22BrN. The molecule has 0 heterocycles. The molecule has 0 aliphatic heterocycles. The minimum absolute atomic E-state index is 0.614. The lowest BCUT2D eigenvalue weighted by Gasteiger charge is -2.43. The Hall–Kier alpha value is -0.340. The van der Waals surface area contributed by atoms with Gasteiger partial charge in [-0.15, -0.1) is 0 Å². The van der Waals surface area contributed by atoms with Gasteiger partial charge in [0.1, 0.15) is 0 Å². The predicted octanol–water partition coefficient (Wildman–Crippen LogP) is 4.47. The van der Waals surface area contributed by atoms with Gasteiger partial charge in [0.25, 0.3) is 0 Å². The highest BCUT2D eigenvalue weighted by molar-refractivity contribution is 9.10. The van der Waals surface area contributed by atoms with Crippen LogP contribution in [0, 0.1) is 5.41 Å². The van der Waals surface area contributed by atoms with Gasteiger partial charge in [0.05, 0.1) is 0 Å². The van der Waals surface area contributed by atoms with E-state index in [1.54, 1.807) is 0 Å². The second kappa shape index (κ2) is 4.97. The van der Waals surface area contributed by atoms with Crippen molar-refractivity contribution in [3.63, 3.8) is 0 Å². The highest BCUT2D eigenvalue weighted by atomic mass is 79.9. The lowest BCUT2D eigenvalue weighted by atomic mass is 9.69. The van der Waals surface area contributed by atoms with E-state index in [9.17, 15) is 0 Å². The monoisotopic (exact) mass is 307 g/mol. The summed E-state index contributed by atoms with van der Waals surface area (Å²) in [5.41, 5.74) is 2.12. The first-order valence-corrected chi connectivity index (χ1v) is 7.93. The van der Waals surface area contributed by atoms with Gasteiger partial charge in [0, 0.05) is 17.1 Å². The van der Waals surface area contributed by atoms with Crippen LogP contribution in [0.25, 0.3) is 0 Å². The summed E-state index contributed by atoms with van der Waals surface area (Å²) in [5.74, 6) is 0.782. The molecule has 0 unspecified atom stereocenters. The fraction of sp³-hybridized carbons (Fsp3) is 0.625. The van der Waals surface area contributed by atoms with Gasteiger partial charge in [-0.1, -0.05) is 41.4 Å². The van der Waals surface area contributed by atoms with Crippen molar-refractivity contribution in [2.75, 3.05) is 6.54 Å². The van der Waals surface area contributed by atoms with Gasteiger partial charge in [-0.3, -0.25) is 0 Å². The van der Waals surface area contributed by atoms with Crippen molar-refractivity contribution in [2.45, 2.75) is 51.0 Å². The highest BCUT2D eigenvalue weighted by Crippen LogP contribution is 2.41. The zero-order valence-electron chi connectivity index (χ0n) is 11.1. The van der Waals surface area contributed by atoms with Gasteiger partial charge in [-0.25, -0.2) is 0 Å². The first-order chi connectivity index (χ1) is 8.65. The summed E-state index contributed by atoms with van der Waals surface area (Å²) in [6.07, 6.45) is 6.91. The van der Waals surface area contributed by atoms with Gasteiger partial charge in [0.2, 0.25) is 0 Å². The Morgan fingerprint density at radius 2 is 1.89 bits per heavy atom. The molecule has 0 amide bonds. The summed E-state index contributed by atoms with van der Waals surface area (Å²) in [6.45, 7) is 3.65. The van der Waals surface area contributed by atoms with E-state index in [4.69, 9.17) is 0 Å². The zero-order chi connectivity index (χ0) is 12.6. The third kappa shape index (κ3) is 2.65. The van der Waals surface area contributed by atoms with E-state index in [0.717, 1.165) is 12.0 Å². The summed E-state index contributed by atoms with van der Waals surface area (Å²) in [7, 11) is 0. The smallest absolute Gasteiger partial charge is 0.0175 e. The molecule has 0 aromatic heterocycles. The molecule has 1 N–H and O–H groups in total. The molecule has 0 spiro atoms. The van der Waals surface area contributed by atoms with Crippen LogP contribution in [0.15, 0.2) is 28.7 Å². The fourth-order valence-electron chi connectivity index (χ4n) is 3.14. The Balaban J connectivity index is 1.44. The van der Waals surface area contributed by atoms with E-state index in [1.165, 1.54) is 48.7 Å². The van der Waals surface area contributed by atoms with Crippen molar-refractivity contribution in [1.29, 1.82) is 0 Å². The molecule has 1 nitrogen and oxygen atoms in total. The Morgan fingerprint density at radius 3 is 2.44 bits per heavy atom. The number of nitrogens with one attached hydrogen (secondary N) is 1. The van der Waals surface area contributed by atoms with Crippen molar-refractivity contribution in [1.82, 2.24) is 5.32 Å². The van der Waals surface area contributed by atoms with Crippen molar-refractivity contribution in [3.8, 4) is 0 Å². The minimum Gasteiger partial charge on any atom is -0.313 e. The zero-order valence-corrected chi connectivity index (χ0v) is 12.7. The molecule has 0 bridgehead atoms. The summed E-state index contributed by atoms with van der Waals surface area (Å²) in [4.78, 5) is 0. The summed E-state index contributed by atoms with van der Waals surface area (Å²) >= 11 is 3.50. The van der Waals surface area contributed by atoms with Crippen LogP contribution in [-0.4, -0.2) is 12.6 Å². The average molecular weight is 308 g/mol. The first kappa shape index (κ1) is 12.7. The molecule has 18 heavy (non-hydrogen) atoms. The molecule has 1 aromatic carbocycles. The molecule has 3 rings (SSSR count). The molecule has 1 aromatic rings. The number of rotatable bonds is 4. The average Bonchev–Trinajstić information content (AvgIpc) is 2.27. The fourth-order valence-corrected chi connectivity index (χ4v) is 3.40. The van der Waals surface area contributed by atoms with Gasteiger partial charge in [-0.2, -0.15) is 0 Å². The summed E-state index contributed by atoms with van der Waals surface area (Å²) in [6, 6.07) is 9.60. The molecular weight excluding hydrogens is 286 g/mol. The standard InChI is InChI=1S/C16H22BrN/c1-16(7-2-8-16)11-18-15-9-13(10-15)12-3-5-14(17)6-4-12/h3-6,13,15,18H,2,7-11H2,1H3. The summed E-state index contributed by atoms with van der Waals surface area (Å²) in [5, 5.41) is 3.76. The largest absolute Gasteiger partial charge is 0.313 e. The minimum atomic E-state index is 0.614. The van der Waals surface area contributed by atoms with Crippen LogP contribution >= 0.6 is 15.9 Å². The lowest BCUT2D eigenvalue weighted by Crippen LogP contribution is -2.46. The molecule has 0 radical (unpaired) electrons. The van der Waals surface area contributed by atoms with Gasteiger partial charge >= 0.3 is 0 Å².